The number of nitrogens with zero attached hydrogens (tertiary/aromatic N) is 1. The van der Waals surface area contributed by atoms with Crippen LogP contribution in [0.5, 0.6) is 0 Å². The summed E-state index contributed by atoms with van der Waals surface area (Å²) in [6.07, 6.45) is 2.59. The molecule has 0 saturated carbocycles. The first-order valence-corrected chi connectivity index (χ1v) is 6.51. The predicted molar refractivity (Wildman–Crippen MR) is 72.2 cm³/mol. The zero-order valence-electron chi connectivity index (χ0n) is 10.0. The van der Waals surface area contributed by atoms with Crippen molar-refractivity contribution in [2.24, 2.45) is 0 Å². The second kappa shape index (κ2) is 5.64. The van der Waals surface area contributed by atoms with E-state index in [0.29, 0.717) is 0 Å². The van der Waals surface area contributed by atoms with Crippen molar-refractivity contribution >= 4 is 23.0 Å². The molecule has 0 aromatic carbocycles. The Labute approximate surface area is 109 Å². The van der Waals surface area contributed by atoms with Gasteiger partial charge in [0.2, 0.25) is 0 Å². The van der Waals surface area contributed by atoms with Gasteiger partial charge in [-0.1, -0.05) is 6.92 Å². The molecule has 94 valence electrons. The van der Waals surface area contributed by atoms with Gasteiger partial charge in [-0.15, -0.1) is 11.3 Å². The summed E-state index contributed by atoms with van der Waals surface area (Å²) in [4.78, 5) is 17.1. The number of aromatic carboxylic acids is 1. The third kappa shape index (κ3) is 3.07. The van der Waals surface area contributed by atoms with Crippen LogP contribution in [-0.4, -0.2) is 16.1 Å². The molecule has 0 aliphatic rings. The highest BCUT2D eigenvalue weighted by atomic mass is 32.1. The Morgan fingerprint density at radius 3 is 2.67 bits per heavy atom. The largest absolute Gasteiger partial charge is 0.477 e. The van der Waals surface area contributed by atoms with Crippen LogP contribution in [0.15, 0.2) is 30.5 Å². The van der Waals surface area contributed by atoms with Gasteiger partial charge >= 0.3 is 5.97 Å². The van der Waals surface area contributed by atoms with Crippen LogP contribution in [0.2, 0.25) is 0 Å². The van der Waals surface area contributed by atoms with Crippen molar-refractivity contribution in [2.75, 3.05) is 5.32 Å². The number of carbonyl (C=O) groups is 1. The molecule has 0 bridgehead atoms. The lowest BCUT2D eigenvalue weighted by molar-refractivity contribution is 0.0690. The molecule has 0 aliphatic carbocycles. The van der Waals surface area contributed by atoms with E-state index < -0.39 is 5.97 Å². The number of carboxylic acid groups (broad SMARTS) is 1. The maximum atomic E-state index is 10.6. The number of thiophene rings is 1. The fourth-order valence-electron chi connectivity index (χ4n) is 1.52. The Kier molecular flexibility index (Phi) is 3.94. The van der Waals surface area contributed by atoms with Gasteiger partial charge in [0.1, 0.15) is 5.69 Å². The molecule has 0 unspecified atom stereocenters. The average molecular weight is 262 g/mol. The monoisotopic (exact) mass is 262 g/mol. The standard InChI is InChI=1S/C13H14N2O2S/c1-2-10-4-5-11(18-10)8-14-9-3-6-12(13(16)17)15-7-9/h3-7,14H,2,8H2,1H3,(H,16,17). The third-order valence-corrected chi connectivity index (χ3v) is 3.74. The summed E-state index contributed by atoms with van der Waals surface area (Å²) < 4.78 is 0. The highest BCUT2D eigenvalue weighted by Crippen LogP contribution is 2.18. The van der Waals surface area contributed by atoms with Crippen molar-refractivity contribution in [2.45, 2.75) is 19.9 Å². The molecule has 0 amide bonds. The minimum Gasteiger partial charge on any atom is -0.477 e. The molecule has 2 aromatic heterocycles. The number of carboxylic acids is 1. The topological polar surface area (TPSA) is 62.2 Å². The zero-order valence-corrected chi connectivity index (χ0v) is 10.8. The van der Waals surface area contributed by atoms with Crippen LogP contribution in [0.3, 0.4) is 0 Å². The molecule has 4 nitrogen and oxygen atoms in total. The second-order valence-corrected chi connectivity index (χ2v) is 5.07. The number of aryl methyl sites for hydroxylation is 1. The number of nitrogens with one attached hydrogen (secondary N) is 1. The summed E-state index contributed by atoms with van der Waals surface area (Å²) in [5.74, 6) is -1.01. The number of anilines is 1. The molecule has 5 heteroatoms. The molecular weight excluding hydrogens is 248 g/mol. The average Bonchev–Trinajstić information content (AvgIpc) is 2.85. The Morgan fingerprint density at radius 2 is 2.11 bits per heavy atom. The Bertz CT molecular complexity index is 534. The van der Waals surface area contributed by atoms with Gasteiger partial charge in [0.05, 0.1) is 11.9 Å². The zero-order chi connectivity index (χ0) is 13.0. The van der Waals surface area contributed by atoms with Crippen LogP contribution in [0.4, 0.5) is 5.69 Å². The van der Waals surface area contributed by atoms with E-state index >= 15 is 0 Å². The van der Waals surface area contributed by atoms with Crippen molar-refractivity contribution in [1.82, 2.24) is 4.98 Å². The van der Waals surface area contributed by atoms with Gasteiger partial charge in [0, 0.05) is 16.3 Å². The van der Waals surface area contributed by atoms with E-state index in [-0.39, 0.29) is 5.69 Å². The van der Waals surface area contributed by atoms with E-state index in [0.717, 1.165) is 18.7 Å². The minimum absolute atomic E-state index is 0.0601. The normalized spacial score (nSPS) is 10.3. The highest BCUT2D eigenvalue weighted by Gasteiger charge is 2.03. The SMILES string of the molecule is CCc1ccc(CNc2ccc(C(=O)O)nc2)s1. The number of hydrogen-bond donors (Lipinski definition) is 2. The smallest absolute Gasteiger partial charge is 0.354 e. The molecule has 0 fully saturated rings. The quantitative estimate of drug-likeness (QED) is 0.869. The molecule has 18 heavy (non-hydrogen) atoms. The first-order chi connectivity index (χ1) is 8.69. The summed E-state index contributed by atoms with van der Waals surface area (Å²) in [7, 11) is 0. The van der Waals surface area contributed by atoms with Gasteiger partial charge in [0.25, 0.3) is 0 Å². The first-order valence-electron chi connectivity index (χ1n) is 5.70. The van der Waals surface area contributed by atoms with Crippen LogP contribution in [0, 0.1) is 0 Å². The van der Waals surface area contributed by atoms with Crippen molar-refractivity contribution < 1.29 is 9.90 Å². The van der Waals surface area contributed by atoms with Crippen LogP contribution in [-0.2, 0) is 13.0 Å². The van der Waals surface area contributed by atoms with E-state index in [4.69, 9.17) is 5.11 Å². The maximum absolute atomic E-state index is 10.6. The van der Waals surface area contributed by atoms with E-state index in [9.17, 15) is 4.79 Å². The highest BCUT2D eigenvalue weighted by molar-refractivity contribution is 7.12. The summed E-state index contributed by atoms with van der Waals surface area (Å²) in [6, 6.07) is 7.46. The molecule has 2 aromatic rings. The summed E-state index contributed by atoms with van der Waals surface area (Å²) in [5, 5.41) is 12.0. The van der Waals surface area contributed by atoms with Crippen LogP contribution < -0.4 is 5.32 Å². The van der Waals surface area contributed by atoms with Crippen molar-refractivity contribution in [3.8, 4) is 0 Å². The summed E-state index contributed by atoms with van der Waals surface area (Å²) >= 11 is 1.78. The number of aromatic nitrogens is 1. The Morgan fingerprint density at radius 1 is 1.33 bits per heavy atom. The van der Waals surface area contributed by atoms with Gasteiger partial charge in [0.15, 0.2) is 0 Å². The molecular formula is C13H14N2O2S. The number of rotatable bonds is 5. The van der Waals surface area contributed by atoms with Crippen molar-refractivity contribution in [3.05, 3.63) is 45.9 Å². The second-order valence-electron chi connectivity index (χ2n) is 3.81. The summed E-state index contributed by atoms with van der Waals surface area (Å²) in [6.45, 7) is 2.87. The van der Waals surface area contributed by atoms with Gasteiger partial charge in [-0.3, -0.25) is 0 Å². The van der Waals surface area contributed by atoms with Crippen molar-refractivity contribution in [1.29, 1.82) is 0 Å². The van der Waals surface area contributed by atoms with E-state index in [1.807, 2.05) is 0 Å². The van der Waals surface area contributed by atoms with Crippen LogP contribution >= 0.6 is 11.3 Å². The van der Waals surface area contributed by atoms with E-state index in [1.54, 1.807) is 17.4 Å². The molecule has 2 rings (SSSR count). The van der Waals surface area contributed by atoms with Gasteiger partial charge < -0.3 is 10.4 Å². The van der Waals surface area contributed by atoms with Crippen molar-refractivity contribution in [3.63, 3.8) is 0 Å². The minimum atomic E-state index is -1.01. The fraction of sp³-hybridized carbons (Fsp3) is 0.231. The third-order valence-electron chi connectivity index (χ3n) is 2.52. The molecule has 0 radical (unpaired) electrons. The van der Waals surface area contributed by atoms with Gasteiger partial charge in [-0.2, -0.15) is 0 Å². The molecule has 0 saturated heterocycles. The lowest BCUT2D eigenvalue weighted by atomic mass is 10.3. The lowest BCUT2D eigenvalue weighted by Gasteiger charge is -2.04. The molecule has 0 aliphatic heterocycles. The maximum Gasteiger partial charge on any atom is 0.354 e. The van der Waals surface area contributed by atoms with Gasteiger partial charge in [-0.05, 0) is 30.7 Å². The lowest BCUT2D eigenvalue weighted by Crippen LogP contribution is -2.02. The molecule has 2 N–H and O–H groups in total. The number of hydrogen-bond acceptors (Lipinski definition) is 4. The Hall–Kier alpha value is -1.88. The van der Waals surface area contributed by atoms with Gasteiger partial charge in [-0.25, -0.2) is 9.78 Å². The van der Waals surface area contributed by atoms with Crippen LogP contribution in [0.1, 0.15) is 27.2 Å². The molecule has 0 spiro atoms. The van der Waals surface area contributed by atoms with E-state index in [2.05, 4.69) is 29.4 Å². The fourth-order valence-corrected chi connectivity index (χ4v) is 2.42. The molecule has 2 heterocycles. The molecule has 0 atom stereocenters. The summed E-state index contributed by atoms with van der Waals surface area (Å²) in [5.41, 5.74) is 0.886. The predicted octanol–water partition coefficient (Wildman–Crippen LogP) is 3.02. The first kappa shape index (κ1) is 12.6. The Balaban J connectivity index is 1.95. The van der Waals surface area contributed by atoms with Crippen LogP contribution in [0.25, 0.3) is 0 Å². The number of pyridine rings is 1. The van der Waals surface area contributed by atoms with E-state index in [1.165, 1.54) is 22.0 Å².